The number of ether oxygens (including phenoxy) is 3. The van der Waals surface area contributed by atoms with E-state index in [1.54, 1.807) is 84.6 Å². The van der Waals surface area contributed by atoms with E-state index in [0.717, 1.165) is 36.1 Å². The van der Waals surface area contributed by atoms with E-state index in [9.17, 15) is 19.2 Å². The van der Waals surface area contributed by atoms with Crippen molar-refractivity contribution in [1.82, 2.24) is 15.2 Å². The number of carbonyl (C=O) groups excluding carboxylic acids is 4. The summed E-state index contributed by atoms with van der Waals surface area (Å²) in [6.07, 6.45) is 6.57. The molecule has 12 nitrogen and oxygen atoms in total. The number of anilines is 2. The summed E-state index contributed by atoms with van der Waals surface area (Å²) in [7, 11) is 4.78. The Morgan fingerprint density at radius 3 is 2.13 bits per heavy atom. The van der Waals surface area contributed by atoms with Crippen molar-refractivity contribution in [2.24, 2.45) is 11.8 Å². The topological polar surface area (TPSA) is 131 Å². The lowest BCUT2D eigenvalue weighted by Crippen LogP contribution is -2.71. The van der Waals surface area contributed by atoms with Crippen LogP contribution in [-0.2, 0) is 27.3 Å². The van der Waals surface area contributed by atoms with Crippen molar-refractivity contribution in [3.05, 3.63) is 78.0 Å². The highest BCUT2D eigenvalue weighted by atomic mass is 16.6. The number of urea groups is 1. The van der Waals surface area contributed by atoms with Gasteiger partial charge in [-0.2, -0.15) is 0 Å². The van der Waals surface area contributed by atoms with Gasteiger partial charge in [-0.15, -0.1) is 0 Å². The van der Waals surface area contributed by atoms with Gasteiger partial charge in [0, 0.05) is 25.0 Å². The summed E-state index contributed by atoms with van der Waals surface area (Å²) in [5.74, 6) is 0.321. The number of pyridine rings is 1. The lowest BCUT2D eigenvalue weighted by molar-refractivity contribution is -0.156. The molecular formula is C40H51N5O7. The van der Waals surface area contributed by atoms with Crippen LogP contribution in [0, 0.1) is 11.8 Å². The highest BCUT2D eigenvalue weighted by Gasteiger charge is 2.55. The first-order valence-electron chi connectivity index (χ1n) is 17.9. The molecule has 1 N–H and O–H groups in total. The first kappa shape index (κ1) is 38.1. The van der Waals surface area contributed by atoms with Crippen LogP contribution in [0.1, 0.15) is 70.9 Å². The zero-order valence-corrected chi connectivity index (χ0v) is 31.3. The molecule has 0 bridgehead atoms. The highest BCUT2D eigenvalue weighted by molar-refractivity contribution is 6.12. The Hall–Kier alpha value is -5.13. The molecule has 12 heteroatoms. The van der Waals surface area contributed by atoms with Crippen LogP contribution in [0.3, 0.4) is 0 Å². The highest BCUT2D eigenvalue weighted by Crippen LogP contribution is 2.35. The number of hydrogen-bond acceptors (Lipinski definition) is 8. The van der Waals surface area contributed by atoms with Crippen molar-refractivity contribution < 1.29 is 33.4 Å². The third kappa shape index (κ3) is 9.02. The molecule has 5 amide bonds. The fourth-order valence-electron chi connectivity index (χ4n) is 6.86. The van der Waals surface area contributed by atoms with E-state index in [4.69, 9.17) is 14.2 Å². The summed E-state index contributed by atoms with van der Waals surface area (Å²) in [4.78, 5) is 63.8. The third-order valence-corrected chi connectivity index (χ3v) is 9.84. The Morgan fingerprint density at radius 2 is 1.54 bits per heavy atom. The van der Waals surface area contributed by atoms with Crippen LogP contribution in [0.4, 0.5) is 21.1 Å². The van der Waals surface area contributed by atoms with Crippen LogP contribution in [-0.4, -0.2) is 72.8 Å². The maximum atomic E-state index is 14.2. The molecule has 3 atom stereocenters. The van der Waals surface area contributed by atoms with Gasteiger partial charge in [-0.25, -0.2) is 14.6 Å². The Labute approximate surface area is 306 Å². The molecular weight excluding hydrogens is 662 g/mol. The number of carbonyl (C=O) groups is 4. The molecule has 0 spiro atoms. The number of imide groups is 1. The number of hydrogen-bond donors (Lipinski definition) is 1. The SMILES string of the molecule is COc1ccc(CN(C(=O)OC(C)(C)C)c2cc(C[C@H]3C(=O)N(C(=O)N[C@H](C)C4CCCCC4)[C@@H]3C(=O)N(C)c3ccc(OC)cc3)ccn2)cc1. The van der Waals surface area contributed by atoms with Gasteiger partial charge < -0.3 is 24.4 Å². The number of benzene rings is 2. The quantitative estimate of drug-likeness (QED) is 0.216. The smallest absolute Gasteiger partial charge is 0.416 e. The maximum absolute atomic E-state index is 14.2. The molecule has 1 aromatic heterocycles. The molecule has 1 saturated carbocycles. The molecule has 2 aromatic carbocycles. The molecule has 52 heavy (non-hydrogen) atoms. The third-order valence-electron chi connectivity index (χ3n) is 9.84. The van der Waals surface area contributed by atoms with E-state index in [0.29, 0.717) is 34.5 Å². The zero-order valence-electron chi connectivity index (χ0n) is 31.3. The van der Waals surface area contributed by atoms with Gasteiger partial charge in [-0.05, 0) is 113 Å². The number of β-lactam (4-membered cyclic amide) rings is 1. The number of nitrogens with zero attached hydrogens (tertiary/aromatic N) is 4. The van der Waals surface area contributed by atoms with Crippen LogP contribution < -0.4 is 24.6 Å². The summed E-state index contributed by atoms with van der Waals surface area (Å²) in [5, 5.41) is 3.03. The molecule has 278 valence electrons. The lowest BCUT2D eigenvalue weighted by Gasteiger charge is -2.46. The summed E-state index contributed by atoms with van der Waals surface area (Å²) < 4.78 is 16.3. The minimum Gasteiger partial charge on any atom is -0.497 e. The standard InChI is InChI=1S/C40H51N5O7/c1-26(29-11-9-8-10-12-29)42-38(48)45-35(37(47)43(5)30-15-19-32(51-7)20-16-30)33(36(45)46)23-28-21-22-41-34(24-28)44(39(49)52-40(2,3)4)25-27-13-17-31(50-6)18-14-27/h13-22,24,26,29,33,35H,8-12,23,25H2,1-7H3,(H,42,48)/t26-,33-,35+/m1/s1. The van der Waals surface area contributed by atoms with Gasteiger partial charge in [0.1, 0.15) is 29.0 Å². The Morgan fingerprint density at radius 1 is 0.923 bits per heavy atom. The number of nitrogens with one attached hydrogen (secondary N) is 1. The lowest BCUT2D eigenvalue weighted by atomic mass is 9.81. The molecule has 0 unspecified atom stereocenters. The zero-order chi connectivity index (χ0) is 37.6. The molecule has 1 aliphatic heterocycles. The van der Waals surface area contributed by atoms with Crippen molar-refractivity contribution >= 4 is 35.4 Å². The number of likely N-dealkylation sites (N-methyl/N-ethyl adjacent to an activating group) is 1. The maximum Gasteiger partial charge on any atom is 0.416 e. The summed E-state index contributed by atoms with van der Waals surface area (Å²) in [6, 6.07) is 16.1. The number of amides is 5. The van der Waals surface area contributed by atoms with Crippen LogP contribution in [0.5, 0.6) is 11.5 Å². The van der Waals surface area contributed by atoms with E-state index in [2.05, 4.69) is 10.3 Å². The van der Waals surface area contributed by atoms with E-state index in [1.807, 2.05) is 31.2 Å². The van der Waals surface area contributed by atoms with E-state index in [-0.39, 0.29) is 24.9 Å². The number of likely N-dealkylation sites (tertiary alicyclic amines) is 1. The number of aromatic nitrogens is 1. The molecule has 1 saturated heterocycles. The van der Waals surface area contributed by atoms with Crippen molar-refractivity contribution in [2.75, 3.05) is 31.1 Å². The van der Waals surface area contributed by atoms with Crippen LogP contribution in [0.15, 0.2) is 66.9 Å². The van der Waals surface area contributed by atoms with Crippen LogP contribution >= 0.6 is 0 Å². The average Bonchev–Trinajstić information content (AvgIpc) is 3.14. The molecule has 2 fully saturated rings. The van der Waals surface area contributed by atoms with Gasteiger partial charge in [0.2, 0.25) is 5.91 Å². The van der Waals surface area contributed by atoms with Crippen molar-refractivity contribution in [3.8, 4) is 11.5 Å². The first-order chi connectivity index (χ1) is 24.8. The second-order valence-corrected chi connectivity index (χ2v) is 14.6. The first-order valence-corrected chi connectivity index (χ1v) is 17.9. The predicted molar refractivity (Wildman–Crippen MR) is 198 cm³/mol. The monoisotopic (exact) mass is 713 g/mol. The van der Waals surface area contributed by atoms with Gasteiger partial charge in [-0.1, -0.05) is 31.4 Å². The summed E-state index contributed by atoms with van der Waals surface area (Å²) >= 11 is 0. The minimum absolute atomic E-state index is 0.137. The fraction of sp³-hybridized carbons (Fsp3) is 0.475. The second kappa shape index (κ2) is 16.5. The molecule has 2 aliphatic rings. The number of methoxy groups -OCH3 is 2. The molecule has 2 heterocycles. The summed E-state index contributed by atoms with van der Waals surface area (Å²) in [6.45, 7) is 7.51. The van der Waals surface area contributed by atoms with Crippen molar-refractivity contribution in [1.29, 1.82) is 0 Å². The molecule has 3 aromatic rings. The average molecular weight is 714 g/mol. The van der Waals surface area contributed by atoms with Crippen LogP contribution in [0.25, 0.3) is 0 Å². The largest absolute Gasteiger partial charge is 0.497 e. The van der Waals surface area contributed by atoms with Gasteiger partial charge in [0.15, 0.2) is 0 Å². The van der Waals surface area contributed by atoms with Gasteiger partial charge in [0.25, 0.3) is 5.91 Å². The minimum atomic E-state index is -1.05. The van der Waals surface area contributed by atoms with Gasteiger partial charge >= 0.3 is 12.1 Å². The second-order valence-electron chi connectivity index (χ2n) is 14.6. The van der Waals surface area contributed by atoms with E-state index in [1.165, 1.54) is 16.2 Å². The van der Waals surface area contributed by atoms with Crippen molar-refractivity contribution in [3.63, 3.8) is 0 Å². The Kier molecular flexibility index (Phi) is 12.1. The Bertz CT molecular complexity index is 1720. The molecule has 0 radical (unpaired) electrons. The predicted octanol–water partition coefficient (Wildman–Crippen LogP) is 6.75. The molecule has 5 rings (SSSR count). The Balaban J connectivity index is 1.41. The van der Waals surface area contributed by atoms with Gasteiger partial charge in [-0.3, -0.25) is 19.4 Å². The summed E-state index contributed by atoms with van der Waals surface area (Å²) in [5.41, 5.74) is 1.34. The van der Waals surface area contributed by atoms with E-state index < -0.39 is 35.6 Å². The van der Waals surface area contributed by atoms with Crippen LogP contribution in [0.2, 0.25) is 0 Å². The van der Waals surface area contributed by atoms with Crippen molar-refractivity contribution in [2.45, 2.75) is 90.4 Å². The normalized spacial score (nSPS) is 18.1. The van der Waals surface area contributed by atoms with E-state index >= 15 is 0 Å². The molecule has 1 aliphatic carbocycles. The number of rotatable bonds is 11. The van der Waals surface area contributed by atoms with Gasteiger partial charge in [0.05, 0.1) is 26.7 Å². The fourth-order valence-corrected chi connectivity index (χ4v) is 6.86.